The molecule has 0 saturated heterocycles. The highest BCUT2D eigenvalue weighted by atomic mass is 19.1. The molecule has 1 unspecified atom stereocenters. The van der Waals surface area contributed by atoms with Crippen molar-refractivity contribution in [1.82, 2.24) is 4.98 Å². The first-order valence-electron chi connectivity index (χ1n) is 2.98. The fourth-order valence-electron chi connectivity index (χ4n) is 0.578. The van der Waals surface area contributed by atoms with Crippen molar-refractivity contribution in [3.8, 4) is 0 Å². The second-order valence-electron chi connectivity index (χ2n) is 2.03. The van der Waals surface area contributed by atoms with Gasteiger partial charge in [0.2, 0.25) is 5.89 Å². The van der Waals surface area contributed by atoms with Crippen LogP contribution in [0.3, 0.4) is 0 Å². The Bertz CT molecular complexity index is 231. The molecule has 0 saturated carbocycles. The molecular weight excluding hydrogens is 133 g/mol. The van der Waals surface area contributed by atoms with Crippen LogP contribution in [0.4, 0.5) is 4.39 Å². The molecule has 0 aliphatic heterocycles. The molecule has 1 aromatic rings. The van der Waals surface area contributed by atoms with Crippen molar-refractivity contribution < 1.29 is 8.81 Å². The highest BCUT2D eigenvalue weighted by Crippen LogP contribution is 2.14. The fourth-order valence-corrected chi connectivity index (χ4v) is 0.578. The van der Waals surface area contributed by atoms with Gasteiger partial charge in [0.15, 0.2) is 0 Å². The molecule has 0 aliphatic rings. The zero-order valence-corrected chi connectivity index (χ0v) is 5.67. The van der Waals surface area contributed by atoms with Crippen LogP contribution in [0.1, 0.15) is 18.7 Å². The molecular formula is C7H8FNO. The second-order valence-corrected chi connectivity index (χ2v) is 2.03. The minimum atomic E-state index is -0.649. The van der Waals surface area contributed by atoms with Crippen LogP contribution in [-0.4, -0.2) is 4.98 Å². The lowest BCUT2D eigenvalue weighted by atomic mass is 10.2. The third-order valence-electron chi connectivity index (χ3n) is 1.24. The topological polar surface area (TPSA) is 26.0 Å². The molecule has 1 aromatic heterocycles. The highest BCUT2D eigenvalue weighted by Gasteiger charge is 2.07. The molecule has 0 aliphatic carbocycles. The van der Waals surface area contributed by atoms with Crippen molar-refractivity contribution in [2.75, 3.05) is 0 Å². The summed E-state index contributed by atoms with van der Waals surface area (Å²) in [5.41, 5.74) is 0. The van der Waals surface area contributed by atoms with Crippen LogP contribution >= 0.6 is 0 Å². The third-order valence-corrected chi connectivity index (χ3v) is 1.24. The summed E-state index contributed by atoms with van der Waals surface area (Å²) >= 11 is 0. The van der Waals surface area contributed by atoms with Crippen LogP contribution in [0.15, 0.2) is 23.3 Å². The van der Waals surface area contributed by atoms with Gasteiger partial charge in [0, 0.05) is 0 Å². The second kappa shape index (κ2) is 2.64. The fraction of sp³-hybridized carbons (Fsp3) is 0.286. The van der Waals surface area contributed by atoms with Crippen LogP contribution < -0.4 is 0 Å². The molecule has 0 N–H and O–H groups in total. The maximum absolute atomic E-state index is 12.2. The molecule has 0 spiro atoms. The Kier molecular flexibility index (Phi) is 1.85. The quantitative estimate of drug-likeness (QED) is 0.589. The van der Waals surface area contributed by atoms with Crippen LogP contribution in [0.5, 0.6) is 0 Å². The van der Waals surface area contributed by atoms with E-state index in [9.17, 15) is 4.39 Å². The van der Waals surface area contributed by atoms with Crippen molar-refractivity contribution in [1.29, 1.82) is 0 Å². The van der Waals surface area contributed by atoms with Gasteiger partial charge in [-0.25, -0.2) is 4.98 Å². The molecule has 10 heavy (non-hydrogen) atoms. The van der Waals surface area contributed by atoms with E-state index in [4.69, 9.17) is 0 Å². The van der Waals surface area contributed by atoms with Gasteiger partial charge in [-0.2, -0.15) is 4.39 Å². The standard InChI is InChI=1S/C7H8FNO/c1-3-5(2)7-9-4-6(8)10-7/h3-5H,1H2,2H3. The van der Waals surface area contributed by atoms with Gasteiger partial charge in [-0.05, 0) is 0 Å². The van der Waals surface area contributed by atoms with E-state index in [0.29, 0.717) is 5.89 Å². The summed E-state index contributed by atoms with van der Waals surface area (Å²) in [6, 6.07) is -0.649. The van der Waals surface area contributed by atoms with Crippen LogP contribution in [0.2, 0.25) is 0 Å². The molecule has 0 amide bonds. The summed E-state index contributed by atoms with van der Waals surface area (Å²) in [6.45, 7) is 5.36. The number of oxazole rings is 1. The molecule has 0 radical (unpaired) electrons. The Morgan fingerprint density at radius 3 is 3.00 bits per heavy atom. The molecule has 1 atom stereocenters. The van der Waals surface area contributed by atoms with Gasteiger partial charge in [-0.15, -0.1) is 6.58 Å². The zero-order valence-electron chi connectivity index (χ0n) is 5.67. The average molecular weight is 141 g/mol. The van der Waals surface area contributed by atoms with E-state index in [1.54, 1.807) is 6.08 Å². The Hall–Kier alpha value is -1.12. The lowest BCUT2D eigenvalue weighted by molar-refractivity contribution is 0.331. The number of allylic oxidation sites excluding steroid dienone is 1. The van der Waals surface area contributed by atoms with Gasteiger partial charge in [0.1, 0.15) is 6.20 Å². The number of hydrogen-bond donors (Lipinski definition) is 0. The van der Waals surface area contributed by atoms with Gasteiger partial charge in [0.05, 0.1) is 5.92 Å². The van der Waals surface area contributed by atoms with Crippen LogP contribution in [-0.2, 0) is 0 Å². The first-order chi connectivity index (χ1) is 4.74. The number of nitrogens with zero attached hydrogens (tertiary/aromatic N) is 1. The van der Waals surface area contributed by atoms with E-state index in [1.807, 2.05) is 6.92 Å². The SMILES string of the molecule is C=CC(C)c1ncc(F)o1. The van der Waals surface area contributed by atoms with Gasteiger partial charge >= 0.3 is 0 Å². The van der Waals surface area contributed by atoms with Crippen molar-refractivity contribution in [3.05, 3.63) is 30.8 Å². The Labute approximate surface area is 58.4 Å². The molecule has 0 bridgehead atoms. The van der Waals surface area contributed by atoms with Gasteiger partial charge in [0.25, 0.3) is 6.01 Å². The predicted octanol–water partition coefficient (Wildman–Crippen LogP) is 2.10. The summed E-state index contributed by atoms with van der Waals surface area (Å²) in [5, 5.41) is 0. The van der Waals surface area contributed by atoms with Crippen LogP contribution in [0, 0.1) is 6.01 Å². The third kappa shape index (κ3) is 1.23. The summed E-state index contributed by atoms with van der Waals surface area (Å²) in [4.78, 5) is 3.67. The van der Waals surface area contributed by atoms with Crippen molar-refractivity contribution in [3.63, 3.8) is 0 Å². The molecule has 2 nitrogen and oxygen atoms in total. The lowest BCUT2D eigenvalue weighted by Crippen LogP contribution is -1.86. The summed E-state index contributed by atoms with van der Waals surface area (Å²) in [7, 11) is 0. The van der Waals surface area contributed by atoms with Gasteiger partial charge in [-0.1, -0.05) is 13.0 Å². The monoisotopic (exact) mass is 141 g/mol. The maximum atomic E-state index is 12.2. The Balaban J connectivity index is 2.84. The summed E-state index contributed by atoms with van der Waals surface area (Å²) in [6.07, 6.45) is 2.70. The smallest absolute Gasteiger partial charge is 0.298 e. The normalized spacial score (nSPS) is 13.0. The zero-order chi connectivity index (χ0) is 7.56. The molecule has 0 aromatic carbocycles. The van der Waals surface area contributed by atoms with E-state index < -0.39 is 6.01 Å². The van der Waals surface area contributed by atoms with E-state index in [0.717, 1.165) is 6.20 Å². The van der Waals surface area contributed by atoms with Crippen molar-refractivity contribution >= 4 is 0 Å². The van der Waals surface area contributed by atoms with Crippen LogP contribution in [0.25, 0.3) is 0 Å². The molecule has 54 valence electrons. The average Bonchev–Trinajstić information content (AvgIpc) is 2.34. The first kappa shape index (κ1) is 6.99. The van der Waals surface area contributed by atoms with E-state index in [-0.39, 0.29) is 5.92 Å². The van der Waals surface area contributed by atoms with Crippen molar-refractivity contribution in [2.45, 2.75) is 12.8 Å². The summed E-state index contributed by atoms with van der Waals surface area (Å²) in [5.74, 6) is 0.344. The highest BCUT2D eigenvalue weighted by molar-refractivity contribution is 4.99. The number of hydrogen-bond acceptors (Lipinski definition) is 2. The largest absolute Gasteiger partial charge is 0.415 e. The van der Waals surface area contributed by atoms with E-state index >= 15 is 0 Å². The molecule has 3 heteroatoms. The molecule has 0 fully saturated rings. The Morgan fingerprint density at radius 2 is 2.60 bits per heavy atom. The number of rotatable bonds is 2. The van der Waals surface area contributed by atoms with E-state index in [2.05, 4.69) is 16.0 Å². The first-order valence-corrected chi connectivity index (χ1v) is 2.98. The number of halogens is 1. The Morgan fingerprint density at radius 1 is 1.90 bits per heavy atom. The minimum Gasteiger partial charge on any atom is -0.415 e. The van der Waals surface area contributed by atoms with Gasteiger partial charge < -0.3 is 4.42 Å². The number of aromatic nitrogens is 1. The minimum absolute atomic E-state index is 0.0236. The van der Waals surface area contributed by atoms with E-state index in [1.165, 1.54) is 0 Å². The van der Waals surface area contributed by atoms with Crippen molar-refractivity contribution in [2.24, 2.45) is 0 Å². The predicted molar refractivity (Wildman–Crippen MR) is 35.1 cm³/mol. The maximum Gasteiger partial charge on any atom is 0.298 e. The van der Waals surface area contributed by atoms with Gasteiger partial charge in [-0.3, -0.25) is 0 Å². The molecule has 1 rings (SSSR count). The molecule has 1 heterocycles. The lowest BCUT2D eigenvalue weighted by Gasteiger charge is -1.95. The summed E-state index contributed by atoms with van der Waals surface area (Å²) < 4.78 is 16.7.